The van der Waals surface area contributed by atoms with Gasteiger partial charge in [-0.1, -0.05) is 30.3 Å². The van der Waals surface area contributed by atoms with Crippen LogP contribution in [0.3, 0.4) is 0 Å². The van der Waals surface area contributed by atoms with Gasteiger partial charge in [0.05, 0.1) is 24.4 Å². The summed E-state index contributed by atoms with van der Waals surface area (Å²) in [5.74, 6) is 0. The van der Waals surface area contributed by atoms with Crippen LogP contribution in [-0.4, -0.2) is 31.3 Å². The number of rotatable bonds is 1. The van der Waals surface area contributed by atoms with Crippen molar-refractivity contribution in [1.82, 2.24) is 4.98 Å². The number of aromatic nitrogens is 1. The Morgan fingerprint density at radius 3 is 2.48 bits per heavy atom. The lowest BCUT2D eigenvalue weighted by Crippen LogP contribution is -2.36. The van der Waals surface area contributed by atoms with Crippen LogP contribution in [0.4, 0.5) is 5.69 Å². The maximum absolute atomic E-state index is 6.20. The Labute approximate surface area is 133 Å². The van der Waals surface area contributed by atoms with Crippen LogP contribution in [0.5, 0.6) is 0 Å². The number of fused-ring (bicyclic) bond motifs is 4. The summed E-state index contributed by atoms with van der Waals surface area (Å²) in [7, 11) is 0. The zero-order valence-electron chi connectivity index (χ0n) is 12.7. The van der Waals surface area contributed by atoms with Crippen LogP contribution >= 0.6 is 0 Å². The molecule has 2 aromatic carbocycles. The summed E-state index contributed by atoms with van der Waals surface area (Å²) >= 11 is 0. The van der Waals surface area contributed by atoms with E-state index in [0.717, 1.165) is 65.0 Å². The quantitative estimate of drug-likeness (QED) is 0.533. The maximum Gasteiger partial charge on any atom is 0.177 e. The first-order valence-electron chi connectivity index (χ1n) is 7.94. The fourth-order valence-corrected chi connectivity index (χ4v) is 3.42. The van der Waals surface area contributed by atoms with E-state index in [1.807, 2.05) is 24.3 Å². The number of hydrogen-bond acceptors (Lipinski definition) is 4. The molecular weight excluding hydrogens is 288 g/mol. The lowest BCUT2D eigenvalue weighted by molar-refractivity contribution is 0.123. The van der Waals surface area contributed by atoms with E-state index in [2.05, 4.69) is 29.2 Å². The van der Waals surface area contributed by atoms with Crippen molar-refractivity contribution in [2.75, 3.05) is 31.2 Å². The lowest BCUT2D eigenvalue weighted by atomic mass is 10.1. The molecule has 1 fully saturated rings. The number of nitrogens with zero attached hydrogens (tertiary/aromatic N) is 2. The van der Waals surface area contributed by atoms with Crippen LogP contribution in [0.2, 0.25) is 0 Å². The van der Waals surface area contributed by atoms with Gasteiger partial charge < -0.3 is 14.1 Å². The standard InChI is InChI=1S/C19H16N2O2/c1-3-7-15-13(5-1)18(21-9-11-22-12-10-21)19-17(20-15)14-6-2-4-8-16(14)23-19/h1-8H,9-12H2. The van der Waals surface area contributed by atoms with Crippen LogP contribution in [0.15, 0.2) is 52.9 Å². The molecule has 0 N–H and O–H groups in total. The molecule has 4 nitrogen and oxygen atoms in total. The number of ether oxygens (including phenoxy) is 1. The number of para-hydroxylation sites is 2. The van der Waals surface area contributed by atoms with Gasteiger partial charge in [-0.15, -0.1) is 0 Å². The van der Waals surface area contributed by atoms with Crippen molar-refractivity contribution < 1.29 is 9.15 Å². The first-order valence-corrected chi connectivity index (χ1v) is 7.94. The molecule has 0 radical (unpaired) electrons. The fourth-order valence-electron chi connectivity index (χ4n) is 3.42. The van der Waals surface area contributed by atoms with E-state index in [4.69, 9.17) is 14.1 Å². The topological polar surface area (TPSA) is 38.5 Å². The lowest BCUT2D eigenvalue weighted by Gasteiger charge is -2.29. The molecule has 4 aromatic rings. The smallest absolute Gasteiger partial charge is 0.177 e. The Bertz CT molecular complexity index is 1020. The molecule has 1 saturated heterocycles. The normalized spacial score (nSPS) is 15.7. The largest absolute Gasteiger partial charge is 0.452 e. The zero-order valence-corrected chi connectivity index (χ0v) is 12.7. The minimum absolute atomic E-state index is 0.748. The molecule has 0 unspecified atom stereocenters. The van der Waals surface area contributed by atoms with E-state index in [1.165, 1.54) is 0 Å². The van der Waals surface area contributed by atoms with Gasteiger partial charge in [-0.05, 0) is 18.2 Å². The minimum Gasteiger partial charge on any atom is -0.452 e. The highest BCUT2D eigenvalue weighted by atomic mass is 16.5. The number of morpholine rings is 1. The molecule has 0 spiro atoms. The second kappa shape index (κ2) is 4.96. The van der Waals surface area contributed by atoms with Gasteiger partial charge in [-0.2, -0.15) is 0 Å². The van der Waals surface area contributed by atoms with E-state index in [1.54, 1.807) is 0 Å². The molecule has 114 valence electrons. The van der Waals surface area contributed by atoms with Gasteiger partial charge in [0, 0.05) is 23.9 Å². The van der Waals surface area contributed by atoms with Crippen LogP contribution in [0.25, 0.3) is 33.0 Å². The summed E-state index contributed by atoms with van der Waals surface area (Å²) in [6.45, 7) is 3.25. The van der Waals surface area contributed by atoms with Crippen molar-refractivity contribution in [1.29, 1.82) is 0 Å². The van der Waals surface area contributed by atoms with E-state index in [0.29, 0.717) is 0 Å². The van der Waals surface area contributed by atoms with E-state index < -0.39 is 0 Å². The SMILES string of the molecule is c1ccc2c(N3CCOCC3)c3oc4ccccc4c3nc2c1. The maximum atomic E-state index is 6.20. The Kier molecular flexibility index (Phi) is 2.78. The summed E-state index contributed by atoms with van der Waals surface area (Å²) in [4.78, 5) is 7.23. The van der Waals surface area contributed by atoms with Crippen LogP contribution in [0.1, 0.15) is 0 Å². The van der Waals surface area contributed by atoms with Gasteiger partial charge in [0.15, 0.2) is 5.58 Å². The minimum atomic E-state index is 0.748. The Hall–Kier alpha value is -2.59. The van der Waals surface area contributed by atoms with Gasteiger partial charge >= 0.3 is 0 Å². The third-order valence-electron chi connectivity index (χ3n) is 4.50. The summed E-state index contributed by atoms with van der Waals surface area (Å²) in [5.41, 5.74) is 4.87. The zero-order chi connectivity index (χ0) is 15.2. The molecular formula is C19H16N2O2. The first kappa shape index (κ1) is 12.9. The second-order valence-electron chi connectivity index (χ2n) is 5.85. The van der Waals surface area contributed by atoms with Crippen molar-refractivity contribution >= 4 is 38.7 Å². The number of anilines is 1. The summed E-state index contributed by atoms with van der Waals surface area (Å²) in [5, 5.41) is 2.21. The van der Waals surface area contributed by atoms with Gasteiger partial charge in [0.25, 0.3) is 0 Å². The van der Waals surface area contributed by atoms with Gasteiger partial charge in [0.2, 0.25) is 0 Å². The first-order chi connectivity index (χ1) is 11.4. The third kappa shape index (κ3) is 1.92. The molecule has 1 aliphatic heterocycles. The molecule has 0 saturated carbocycles. The molecule has 2 aromatic heterocycles. The van der Waals surface area contributed by atoms with Crippen LogP contribution in [0, 0.1) is 0 Å². The molecule has 0 bridgehead atoms. The van der Waals surface area contributed by atoms with E-state index >= 15 is 0 Å². The monoisotopic (exact) mass is 304 g/mol. The summed E-state index contributed by atoms with van der Waals surface area (Å²) < 4.78 is 11.7. The van der Waals surface area contributed by atoms with Crippen molar-refractivity contribution in [2.45, 2.75) is 0 Å². The fraction of sp³-hybridized carbons (Fsp3) is 0.211. The Morgan fingerprint density at radius 1 is 0.870 bits per heavy atom. The molecule has 3 heterocycles. The second-order valence-corrected chi connectivity index (χ2v) is 5.85. The predicted octanol–water partition coefficient (Wildman–Crippen LogP) is 3.97. The van der Waals surface area contributed by atoms with Gasteiger partial charge in [0.1, 0.15) is 11.1 Å². The van der Waals surface area contributed by atoms with Crippen LogP contribution in [-0.2, 0) is 4.74 Å². The third-order valence-corrected chi connectivity index (χ3v) is 4.50. The number of pyridine rings is 1. The van der Waals surface area contributed by atoms with E-state index in [9.17, 15) is 0 Å². The summed E-state index contributed by atoms with van der Waals surface area (Å²) in [6, 6.07) is 16.4. The predicted molar refractivity (Wildman–Crippen MR) is 92.1 cm³/mol. The Balaban J connectivity index is 1.93. The highest BCUT2D eigenvalue weighted by Crippen LogP contribution is 2.39. The average Bonchev–Trinajstić information content (AvgIpc) is 2.98. The van der Waals surface area contributed by atoms with Crippen LogP contribution < -0.4 is 4.90 Å². The molecule has 23 heavy (non-hydrogen) atoms. The molecule has 5 rings (SSSR count). The number of furan rings is 1. The molecule has 0 aliphatic carbocycles. The molecule has 1 aliphatic rings. The van der Waals surface area contributed by atoms with Crippen molar-refractivity contribution in [3.05, 3.63) is 48.5 Å². The molecule has 0 atom stereocenters. The van der Waals surface area contributed by atoms with Crippen molar-refractivity contribution in [2.24, 2.45) is 0 Å². The number of benzene rings is 2. The average molecular weight is 304 g/mol. The number of hydrogen-bond donors (Lipinski definition) is 0. The Morgan fingerprint density at radius 2 is 1.61 bits per heavy atom. The van der Waals surface area contributed by atoms with Gasteiger partial charge in [-0.25, -0.2) is 4.98 Å². The van der Waals surface area contributed by atoms with Gasteiger partial charge in [-0.3, -0.25) is 0 Å². The summed E-state index contributed by atoms with van der Waals surface area (Å²) in [6.07, 6.45) is 0. The van der Waals surface area contributed by atoms with E-state index in [-0.39, 0.29) is 0 Å². The molecule has 0 amide bonds. The van der Waals surface area contributed by atoms with Crippen molar-refractivity contribution in [3.8, 4) is 0 Å². The molecule has 4 heteroatoms. The van der Waals surface area contributed by atoms with Crippen molar-refractivity contribution in [3.63, 3.8) is 0 Å². The highest BCUT2D eigenvalue weighted by Gasteiger charge is 2.21. The highest BCUT2D eigenvalue weighted by molar-refractivity contribution is 6.14.